The topological polar surface area (TPSA) is 74.0 Å². The van der Waals surface area contributed by atoms with Gasteiger partial charge in [-0.3, -0.25) is 9.79 Å². The number of aromatic nitrogens is 1. The summed E-state index contributed by atoms with van der Waals surface area (Å²) in [5.74, 6) is 1.60. The molecule has 0 spiro atoms. The molecule has 0 radical (unpaired) electrons. The summed E-state index contributed by atoms with van der Waals surface area (Å²) in [7, 11) is 3.75. The quantitative estimate of drug-likeness (QED) is 0.442. The average Bonchev–Trinajstić information content (AvgIpc) is 3.01. The third kappa shape index (κ3) is 6.00. The molecule has 0 aromatic carbocycles. The minimum absolute atomic E-state index is 0. The standard InChI is InChI=1S/C15H25N5O2.HI/c1-12(21)20-7-4-13(5-8-20)10-17-15(16-2)19(3)11-14-6-9-22-18-14;/h6,9,13H,4-5,7-8,10-11H2,1-3H3,(H,16,17);1H. The van der Waals surface area contributed by atoms with Gasteiger partial charge in [-0.15, -0.1) is 24.0 Å². The first kappa shape index (κ1) is 19.7. The molecule has 0 bridgehead atoms. The maximum atomic E-state index is 11.3. The Bertz CT molecular complexity index is 498. The van der Waals surface area contributed by atoms with Gasteiger partial charge in [-0.25, -0.2) is 0 Å². The largest absolute Gasteiger partial charge is 0.364 e. The monoisotopic (exact) mass is 435 g/mol. The number of aliphatic imine (C=N–C) groups is 1. The summed E-state index contributed by atoms with van der Waals surface area (Å²) in [5.41, 5.74) is 0.875. The van der Waals surface area contributed by atoms with E-state index >= 15 is 0 Å². The molecular weight excluding hydrogens is 409 g/mol. The SMILES string of the molecule is CN=C(NCC1CCN(C(C)=O)CC1)N(C)Cc1ccon1.I. The van der Waals surface area contributed by atoms with Crippen LogP contribution in [0.25, 0.3) is 0 Å². The Balaban J connectivity index is 0.00000264. The number of hydrogen-bond acceptors (Lipinski definition) is 4. The second-order valence-electron chi connectivity index (χ2n) is 5.72. The van der Waals surface area contributed by atoms with E-state index in [2.05, 4.69) is 15.5 Å². The van der Waals surface area contributed by atoms with E-state index < -0.39 is 0 Å². The number of likely N-dealkylation sites (tertiary alicyclic amines) is 1. The molecule has 1 amide bonds. The summed E-state index contributed by atoms with van der Waals surface area (Å²) in [6.45, 7) is 4.88. The smallest absolute Gasteiger partial charge is 0.219 e. The molecule has 0 unspecified atom stereocenters. The van der Waals surface area contributed by atoms with Crippen LogP contribution in [0.4, 0.5) is 0 Å². The van der Waals surface area contributed by atoms with Gasteiger partial charge in [0.25, 0.3) is 0 Å². The second kappa shape index (κ2) is 9.74. The lowest BCUT2D eigenvalue weighted by Gasteiger charge is -2.32. The summed E-state index contributed by atoms with van der Waals surface area (Å²) in [6.07, 6.45) is 3.65. The summed E-state index contributed by atoms with van der Waals surface area (Å²) >= 11 is 0. The number of rotatable bonds is 4. The Morgan fingerprint density at radius 1 is 1.52 bits per heavy atom. The number of guanidine groups is 1. The Morgan fingerprint density at radius 2 is 2.22 bits per heavy atom. The molecule has 1 aliphatic heterocycles. The summed E-state index contributed by atoms with van der Waals surface area (Å²) in [6, 6.07) is 1.85. The number of piperidine rings is 1. The number of nitrogens with zero attached hydrogens (tertiary/aromatic N) is 4. The van der Waals surface area contributed by atoms with Crippen molar-refractivity contribution in [3.05, 3.63) is 18.0 Å². The van der Waals surface area contributed by atoms with Gasteiger partial charge < -0.3 is 19.6 Å². The number of nitrogens with one attached hydrogen (secondary N) is 1. The van der Waals surface area contributed by atoms with Gasteiger partial charge in [-0.05, 0) is 18.8 Å². The van der Waals surface area contributed by atoms with Gasteiger partial charge in [0.05, 0.1) is 6.54 Å². The van der Waals surface area contributed by atoms with E-state index in [9.17, 15) is 4.79 Å². The van der Waals surface area contributed by atoms with Crippen molar-refractivity contribution in [3.8, 4) is 0 Å². The molecule has 0 atom stereocenters. The van der Waals surface area contributed by atoms with Gasteiger partial charge >= 0.3 is 0 Å². The van der Waals surface area contributed by atoms with Gasteiger partial charge in [0.15, 0.2) is 5.96 Å². The first-order chi connectivity index (χ1) is 10.6. The molecule has 1 aliphatic rings. The highest BCUT2D eigenvalue weighted by molar-refractivity contribution is 14.0. The van der Waals surface area contributed by atoms with E-state index in [1.165, 1.54) is 0 Å². The van der Waals surface area contributed by atoms with Gasteiger partial charge in [-0.1, -0.05) is 5.16 Å². The fraction of sp³-hybridized carbons (Fsp3) is 0.667. The van der Waals surface area contributed by atoms with Crippen molar-refractivity contribution in [2.24, 2.45) is 10.9 Å². The zero-order valence-electron chi connectivity index (χ0n) is 14.0. The third-order valence-corrected chi connectivity index (χ3v) is 4.07. The molecule has 0 saturated carbocycles. The van der Waals surface area contributed by atoms with Crippen LogP contribution in [0.3, 0.4) is 0 Å². The van der Waals surface area contributed by atoms with Crippen molar-refractivity contribution in [3.63, 3.8) is 0 Å². The van der Waals surface area contributed by atoms with E-state index in [0.717, 1.165) is 44.1 Å². The molecule has 1 fully saturated rings. The molecule has 23 heavy (non-hydrogen) atoms. The predicted molar refractivity (Wildman–Crippen MR) is 99.7 cm³/mol. The maximum Gasteiger partial charge on any atom is 0.219 e. The van der Waals surface area contributed by atoms with Gasteiger partial charge in [0.1, 0.15) is 12.0 Å². The highest BCUT2D eigenvalue weighted by Gasteiger charge is 2.21. The molecule has 1 aromatic heterocycles. The molecule has 2 heterocycles. The van der Waals surface area contributed by atoms with Crippen LogP contribution in [0, 0.1) is 5.92 Å². The molecule has 7 nitrogen and oxygen atoms in total. The van der Waals surface area contributed by atoms with Crippen molar-refractivity contribution < 1.29 is 9.32 Å². The van der Waals surface area contributed by atoms with Crippen LogP contribution in [0.15, 0.2) is 21.8 Å². The van der Waals surface area contributed by atoms with Crippen LogP contribution >= 0.6 is 24.0 Å². The van der Waals surface area contributed by atoms with Crippen LogP contribution in [-0.2, 0) is 11.3 Å². The fourth-order valence-electron chi connectivity index (χ4n) is 2.71. The molecule has 1 N–H and O–H groups in total. The predicted octanol–water partition coefficient (Wildman–Crippen LogP) is 1.56. The molecule has 0 aliphatic carbocycles. The molecule has 1 saturated heterocycles. The Labute approximate surface area is 154 Å². The van der Waals surface area contributed by atoms with Crippen LogP contribution in [0.5, 0.6) is 0 Å². The lowest BCUT2D eigenvalue weighted by Crippen LogP contribution is -2.44. The van der Waals surface area contributed by atoms with Crippen molar-refractivity contribution in [2.75, 3.05) is 33.7 Å². The molecule has 8 heteroatoms. The van der Waals surface area contributed by atoms with E-state index in [-0.39, 0.29) is 29.9 Å². The first-order valence-corrected chi connectivity index (χ1v) is 7.66. The number of halogens is 1. The normalized spacial score (nSPS) is 16.0. The summed E-state index contributed by atoms with van der Waals surface area (Å²) in [4.78, 5) is 19.6. The summed E-state index contributed by atoms with van der Waals surface area (Å²) < 4.78 is 4.84. The van der Waals surface area contributed by atoms with Crippen molar-refractivity contribution in [1.82, 2.24) is 20.3 Å². The Morgan fingerprint density at radius 3 is 2.74 bits per heavy atom. The highest BCUT2D eigenvalue weighted by Crippen LogP contribution is 2.16. The van der Waals surface area contributed by atoms with E-state index in [1.54, 1.807) is 20.2 Å². The van der Waals surface area contributed by atoms with Gasteiger partial charge in [0.2, 0.25) is 5.91 Å². The fourth-order valence-corrected chi connectivity index (χ4v) is 2.71. The molecular formula is C15H26IN5O2. The van der Waals surface area contributed by atoms with Crippen LogP contribution < -0.4 is 5.32 Å². The number of hydrogen-bond donors (Lipinski definition) is 1. The zero-order chi connectivity index (χ0) is 15.9. The molecule has 1 aromatic rings. The average molecular weight is 435 g/mol. The summed E-state index contributed by atoms with van der Waals surface area (Å²) in [5, 5.41) is 7.32. The van der Waals surface area contributed by atoms with Crippen LogP contribution in [0.2, 0.25) is 0 Å². The van der Waals surface area contributed by atoms with Crippen LogP contribution in [0.1, 0.15) is 25.5 Å². The Hall–Kier alpha value is -1.32. The van der Waals surface area contributed by atoms with E-state index in [0.29, 0.717) is 12.5 Å². The van der Waals surface area contributed by atoms with Crippen LogP contribution in [-0.4, -0.2) is 60.6 Å². The number of carbonyl (C=O) groups is 1. The van der Waals surface area contributed by atoms with Crippen molar-refractivity contribution >= 4 is 35.8 Å². The molecule has 130 valence electrons. The van der Waals surface area contributed by atoms with Crippen molar-refractivity contribution in [1.29, 1.82) is 0 Å². The number of carbonyl (C=O) groups excluding carboxylic acids is 1. The Kier molecular flexibility index (Phi) is 8.35. The zero-order valence-corrected chi connectivity index (χ0v) is 16.3. The highest BCUT2D eigenvalue weighted by atomic mass is 127. The van der Waals surface area contributed by atoms with Crippen molar-refractivity contribution in [2.45, 2.75) is 26.3 Å². The van der Waals surface area contributed by atoms with E-state index in [1.807, 2.05) is 22.9 Å². The second-order valence-corrected chi connectivity index (χ2v) is 5.72. The minimum Gasteiger partial charge on any atom is -0.364 e. The third-order valence-electron chi connectivity index (χ3n) is 4.07. The first-order valence-electron chi connectivity index (χ1n) is 7.66. The lowest BCUT2D eigenvalue weighted by molar-refractivity contribution is -0.130. The van der Waals surface area contributed by atoms with Gasteiger partial charge in [0, 0.05) is 46.7 Å². The van der Waals surface area contributed by atoms with E-state index in [4.69, 9.17) is 4.52 Å². The number of amides is 1. The lowest BCUT2D eigenvalue weighted by atomic mass is 9.97. The van der Waals surface area contributed by atoms with Gasteiger partial charge in [-0.2, -0.15) is 0 Å². The molecule has 2 rings (SSSR count). The minimum atomic E-state index is 0. The maximum absolute atomic E-state index is 11.3.